The highest BCUT2D eigenvalue weighted by Gasteiger charge is 2.45. The number of nitrogens with one attached hydrogen (secondary N) is 1. The van der Waals surface area contributed by atoms with E-state index in [-0.39, 0.29) is 49.9 Å². The van der Waals surface area contributed by atoms with E-state index in [4.69, 9.17) is 18.9 Å². The van der Waals surface area contributed by atoms with Crippen LogP contribution in [0, 0.1) is 11.8 Å². The number of ether oxygens (including phenoxy) is 4. The SMILES string of the molecule is CCOC[C@H](NC(=O)[C@H]1C[C@@H](C(=O)N(c2ccc3c(c2)N(CCCOC)C(=O)C(C)(C)O3)C2CC2)CN(C(=O)OC(C)(C)C)C1)c1ccccc1. The van der Waals surface area contributed by atoms with Crippen molar-refractivity contribution in [2.24, 2.45) is 11.8 Å². The summed E-state index contributed by atoms with van der Waals surface area (Å²) in [4.78, 5) is 60.7. The largest absolute Gasteiger partial charge is 0.476 e. The van der Waals surface area contributed by atoms with Gasteiger partial charge >= 0.3 is 6.09 Å². The van der Waals surface area contributed by atoms with E-state index in [9.17, 15) is 19.2 Å². The smallest absolute Gasteiger partial charge is 0.410 e. The van der Waals surface area contributed by atoms with E-state index in [0.717, 1.165) is 18.4 Å². The molecule has 0 unspecified atom stereocenters. The van der Waals surface area contributed by atoms with Gasteiger partial charge in [-0.2, -0.15) is 0 Å². The number of amides is 4. The van der Waals surface area contributed by atoms with Crippen LogP contribution >= 0.6 is 0 Å². The minimum Gasteiger partial charge on any atom is -0.476 e. The highest BCUT2D eigenvalue weighted by atomic mass is 16.6. The third-order valence-electron chi connectivity index (χ3n) is 9.35. The Labute approximate surface area is 301 Å². The molecule has 1 N–H and O–H groups in total. The number of piperidine rings is 1. The topological polar surface area (TPSA) is 127 Å². The van der Waals surface area contributed by atoms with Gasteiger partial charge in [0, 0.05) is 51.7 Å². The molecular formula is C39H54N4O8. The van der Waals surface area contributed by atoms with Crippen molar-refractivity contribution >= 4 is 35.2 Å². The number of hydrogen-bond acceptors (Lipinski definition) is 8. The van der Waals surface area contributed by atoms with E-state index >= 15 is 0 Å². The first-order valence-corrected chi connectivity index (χ1v) is 18.1. The Bertz CT molecular complexity index is 1550. The first kappa shape index (κ1) is 38.1. The number of carbonyl (C=O) groups excluding carboxylic acids is 4. The molecule has 5 rings (SSSR count). The van der Waals surface area contributed by atoms with E-state index < -0.39 is 35.2 Å². The molecule has 2 aromatic rings. The minimum absolute atomic E-state index is 0.0352. The standard InChI is InChI=1S/C39H54N4O8/c1-8-49-25-31(26-13-10-9-11-14-26)40-34(44)27-21-28(24-41(23-27)37(47)51-38(2,3)4)35(45)43(29-15-16-29)30-17-18-33-32(22-30)42(19-12-20-48-7)36(46)39(5,6)50-33/h9-11,13-14,17-18,22,27-29,31H,8,12,15-16,19-21,23-25H2,1-7H3,(H,40,44)/t27-,28+,31-/m0/s1. The minimum atomic E-state index is -1.04. The normalized spacial score (nSPS) is 20.6. The molecule has 12 nitrogen and oxygen atoms in total. The molecule has 3 atom stereocenters. The fraction of sp³-hybridized carbons (Fsp3) is 0.590. The van der Waals surface area contributed by atoms with Crippen LogP contribution in [0.1, 0.15) is 78.8 Å². The Morgan fingerprint density at radius 2 is 1.76 bits per heavy atom. The van der Waals surface area contributed by atoms with E-state index in [1.54, 1.807) is 51.5 Å². The van der Waals surface area contributed by atoms with Crippen LogP contribution in [0.4, 0.5) is 16.2 Å². The van der Waals surface area contributed by atoms with Crippen LogP contribution in [-0.2, 0) is 28.6 Å². The van der Waals surface area contributed by atoms with Gasteiger partial charge in [-0.05, 0) is 91.0 Å². The average molecular weight is 707 g/mol. The van der Waals surface area contributed by atoms with Crippen molar-refractivity contribution in [1.29, 1.82) is 0 Å². The molecule has 0 radical (unpaired) electrons. The number of likely N-dealkylation sites (tertiary alicyclic amines) is 1. The summed E-state index contributed by atoms with van der Waals surface area (Å²) >= 11 is 0. The summed E-state index contributed by atoms with van der Waals surface area (Å²) in [5.41, 5.74) is 0.350. The Kier molecular flexibility index (Phi) is 12.0. The maximum atomic E-state index is 14.7. The predicted octanol–water partition coefficient (Wildman–Crippen LogP) is 5.49. The van der Waals surface area contributed by atoms with E-state index in [0.29, 0.717) is 43.3 Å². The van der Waals surface area contributed by atoms with Crippen LogP contribution in [0.15, 0.2) is 48.5 Å². The summed E-state index contributed by atoms with van der Waals surface area (Å²) in [6, 6.07) is 14.7. The van der Waals surface area contributed by atoms with Gasteiger partial charge in [0.2, 0.25) is 11.8 Å². The van der Waals surface area contributed by atoms with Crippen LogP contribution in [-0.4, -0.2) is 92.5 Å². The van der Waals surface area contributed by atoms with Crippen molar-refractivity contribution in [2.75, 3.05) is 56.4 Å². The van der Waals surface area contributed by atoms with Crippen molar-refractivity contribution in [3.8, 4) is 5.75 Å². The van der Waals surface area contributed by atoms with Crippen molar-refractivity contribution < 1.29 is 38.1 Å². The molecule has 0 aromatic heterocycles. The zero-order chi connectivity index (χ0) is 36.9. The van der Waals surface area contributed by atoms with Gasteiger partial charge in [0.25, 0.3) is 5.91 Å². The zero-order valence-electron chi connectivity index (χ0n) is 31.1. The Morgan fingerprint density at radius 3 is 2.41 bits per heavy atom. The molecule has 0 spiro atoms. The first-order chi connectivity index (χ1) is 24.2. The van der Waals surface area contributed by atoms with Gasteiger partial charge in [0.05, 0.1) is 30.2 Å². The second-order valence-electron chi connectivity index (χ2n) is 15.2. The van der Waals surface area contributed by atoms with Crippen LogP contribution in [0.2, 0.25) is 0 Å². The first-order valence-electron chi connectivity index (χ1n) is 18.1. The number of hydrogen-bond donors (Lipinski definition) is 1. The molecule has 51 heavy (non-hydrogen) atoms. The molecule has 2 heterocycles. The number of fused-ring (bicyclic) bond motifs is 1. The number of benzene rings is 2. The summed E-state index contributed by atoms with van der Waals surface area (Å²) < 4.78 is 22.8. The fourth-order valence-electron chi connectivity index (χ4n) is 6.72. The maximum absolute atomic E-state index is 14.7. The lowest BCUT2D eigenvalue weighted by molar-refractivity contribution is -0.133. The highest BCUT2D eigenvalue weighted by molar-refractivity contribution is 6.04. The third kappa shape index (κ3) is 9.39. The van der Waals surface area contributed by atoms with Gasteiger partial charge in [0.1, 0.15) is 11.4 Å². The van der Waals surface area contributed by atoms with Crippen LogP contribution in [0.5, 0.6) is 5.75 Å². The van der Waals surface area contributed by atoms with Crippen molar-refractivity contribution in [3.05, 3.63) is 54.1 Å². The van der Waals surface area contributed by atoms with Crippen LogP contribution in [0.25, 0.3) is 0 Å². The van der Waals surface area contributed by atoms with Crippen molar-refractivity contribution in [3.63, 3.8) is 0 Å². The molecular weight excluding hydrogens is 652 g/mol. The number of anilines is 2. The molecule has 278 valence electrons. The number of rotatable bonds is 13. The lowest BCUT2D eigenvalue weighted by Gasteiger charge is -2.40. The molecule has 12 heteroatoms. The molecule has 1 saturated carbocycles. The van der Waals surface area contributed by atoms with Gasteiger partial charge < -0.3 is 39.0 Å². The molecule has 3 aliphatic rings. The predicted molar refractivity (Wildman–Crippen MR) is 194 cm³/mol. The highest BCUT2D eigenvalue weighted by Crippen LogP contribution is 2.43. The monoisotopic (exact) mass is 706 g/mol. The summed E-state index contributed by atoms with van der Waals surface area (Å²) in [5.74, 6) is -1.37. The molecule has 1 saturated heterocycles. The van der Waals surface area contributed by atoms with E-state index in [2.05, 4.69) is 5.32 Å². The van der Waals surface area contributed by atoms with Gasteiger partial charge in [0.15, 0.2) is 5.60 Å². The zero-order valence-corrected chi connectivity index (χ0v) is 31.1. The van der Waals surface area contributed by atoms with Gasteiger partial charge in [-0.15, -0.1) is 0 Å². The molecule has 2 aliphatic heterocycles. The molecule has 4 amide bonds. The summed E-state index contributed by atoms with van der Waals surface area (Å²) in [6.45, 7) is 12.7. The van der Waals surface area contributed by atoms with Crippen LogP contribution in [0.3, 0.4) is 0 Å². The van der Waals surface area contributed by atoms with E-state index in [1.165, 1.54) is 4.90 Å². The number of carbonyl (C=O) groups is 4. The van der Waals surface area contributed by atoms with Gasteiger partial charge in [-0.25, -0.2) is 4.79 Å². The van der Waals surface area contributed by atoms with E-state index in [1.807, 2.05) is 55.5 Å². The average Bonchev–Trinajstić information content (AvgIpc) is 3.93. The van der Waals surface area contributed by atoms with Crippen molar-refractivity contribution in [1.82, 2.24) is 10.2 Å². The molecule has 2 aromatic carbocycles. The Morgan fingerprint density at radius 1 is 1.06 bits per heavy atom. The lowest BCUT2D eigenvalue weighted by atomic mass is 9.87. The number of nitrogens with zero attached hydrogens (tertiary/aromatic N) is 3. The molecule has 1 aliphatic carbocycles. The molecule has 0 bridgehead atoms. The number of methoxy groups -OCH3 is 1. The third-order valence-corrected chi connectivity index (χ3v) is 9.35. The Balaban J connectivity index is 1.43. The van der Waals surface area contributed by atoms with Gasteiger partial charge in [-0.1, -0.05) is 30.3 Å². The van der Waals surface area contributed by atoms with Crippen molar-refractivity contribution in [2.45, 2.75) is 90.5 Å². The summed E-state index contributed by atoms with van der Waals surface area (Å²) in [7, 11) is 1.63. The molecule has 2 fully saturated rings. The second kappa shape index (κ2) is 16.0. The fourth-order valence-corrected chi connectivity index (χ4v) is 6.72. The summed E-state index contributed by atoms with van der Waals surface area (Å²) in [6.07, 6.45) is 1.97. The quantitative estimate of drug-likeness (QED) is 0.271. The maximum Gasteiger partial charge on any atom is 0.410 e. The second-order valence-corrected chi connectivity index (χ2v) is 15.2. The Hall–Kier alpha value is -4.16. The van der Waals surface area contributed by atoms with Crippen LogP contribution < -0.4 is 19.9 Å². The van der Waals surface area contributed by atoms with Gasteiger partial charge in [-0.3, -0.25) is 14.4 Å². The lowest BCUT2D eigenvalue weighted by Crippen LogP contribution is -2.54. The summed E-state index contributed by atoms with van der Waals surface area (Å²) in [5, 5.41) is 3.14.